The van der Waals surface area contributed by atoms with Crippen LogP contribution in [-0.4, -0.2) is 37.4 Å². The van der Waals surface area contributed by atoms with E-state index in [0.717, 1.165) is 0 Å². The van der Waals surface area contributed by atoms with Gasteiger partial charge in [-0.15, -0.1) is 0 Å². The Morgan fingerprint density at radius 1 is 1.42 bits per heavy atom. The summed E-state index contributed by atoms with van der Waals surface area (Å²) in [5.74, 6) is 0. The molecule has 0 aliphatic heterocycles. The third kappa shape index (κ3) is 3.37. The molecule has 0 N–H and O–H groups in total. The monoisotopic (exact) mass is 193 g/mol. The van der Waals surface area contributed by atoms with Crippen molar-refractivity contribution >= 4 is 13.0 Å². The summed E-state index contributed by atoms with van der Waals surface area (Å²) < 4.78 is 16.6. The van der Waals surface area contributed by atoms with Gasteiger partial charge in [0.25, 0.3) is 7.37 Å². The molecule has 4 nitrogen and oxygen atoms in total. The van der Waals surface area contributed by atoms with E-state index in [1.165, 1.54) is 11.6 Å². The van der Waals surface area contributed by atoms with E-state index >= 15 is 0 Å². The summed E-state index contributed by atoms with van der Waals surface area (Å²) >= 11 is 0. The molecule has 0 rings (SSSR count). The van der Waals surface area contributed by atoms with Crippen molar-refractivity contribution < 1.29 is 13.9 Å². The van der Waals surface area contributed by atoms with Gasteiger partial charge in [0.15, 0.2) is 0 Å². The summed E-state index contributed by atoms with van der Waals surface area (Å²) in [5.41, 5.74) is -0.448. The lowest BCUT2D eigenvalue weighted by Crippen LogP contribution is -2.21. The summed E-state index contributed by atoms with van der Waals surface area (Å²) in [6, 6.07) is 0. The van der Waals surface area contributed by atoms with Gasteiger partial charge >= 0.3 is 5.65 Å². The molecule has 0 radical (unpaired) electrons. The van der Waals surface area contributed by atoms with Crippen LogP contribution < -0.4 is 0 Å². The molecule has 1 amide bonds. The van der Waals surface area contributed by atoms with Crippen LogP contribution in [0.25, 0.3) is 0 Å². The zero-order valence-corrected chi connectivity index (χ0v) is 9.09. The zero-order valence-electron chi connectivity index (χ0n) is 8.20. The number of hydrogen-bond acceptors (Lipinski definition) is 3. The van der Waals surface area contributed by atoms with Crippen molar-refractivity contribution in [2.45, 2.75) is 20.0 Å². The fourth-order valence-corrected chi connectivity index (χ4v) is 2.43. The highest BCUT2D eigenvalue weighted by molar-refractivity contribution is 7.75. The molecule has 0 spiro atoms. The molecule has 0 aromatic rings. The summed E-state index contributed by atoms with van der Waals surface area (Å²) in [4.78, 5) is 12.5. The molecule has 0 aliphatic rings. The van der Waals surface area contributed by atoms with E-state index in [1.54, 1.807) is 27.9 Å². The van der Waals surface area contributed by atoms with Gasteiger partial charge < -0.3 is 9.42 Å². The Morgan fingerprint density at radius 3 is 2.08 bits per heavy atom. The minimum atomic E-state index is -3.11. The first-order valence-electron chi connectivity index (χ1n) is 3.75. The standard InChI is InChI=1S/C7H16NO3P/c1-6(2)11-12(5,10)7(9)8(3)4/h6H,1-5H3/t12-/m0/s1. The Bertz CT molecular complexity index is 213. The van der Waals surface area contributed by atoms with Gasteiger partial charge in [0, 0.05) is 20.8 Å². The van der Waals surface area contributed by atoms with Crippen molar-refractivity contribution in [3.05, 3.63) is 0 Å². The molecule has 12 heavy (non-hydrogen) atoms. The molecule has 0 aromatic heterocycles. The molecular formula is C7H16NO3P. The lowest BCUT2D eigenvalue weighted by Gasteiger charge is -2.19. The second-order valence-corrected chi connectivity index (χ2v) is 5.46. The molecular weight excluding hydrogens is 177 g/mol. The molecule has 0 unspecified atom stereocenters. The molecule has 0 heterocycles. The Balaban J connectivity index is 4.41. The Kier molecular flexibility index (Phi) is 3.94. The van der Waals surface area contributed by atoms with Crippen LogP contribution >= 0.6 is 7.37 Å². The molecule has 5 heteroatoms. The molecule has 0 aliphatic carbocycles. The first kappa shape index (κ1) is 11.7. The van der Waals surface area contributed by atoms with Gasteiger partial charge in [0.2, 0.25) is 0 Å². The Labute approximate surface area is 73.3 Å². The summed E-state index contributed by atoms with van der Waals surface area (Å²) in [7, 11) is 0.00662. The second-order valence-electron chi connectivity index (χ2n) is 3.18. The average Bonchev–Trinajstić information content (AvgIpc) is 1.82. The van der Waals surface area contributed by atoms with E-state index in [0.29, 0.717) is 0 Å². The fraction of sp³-hybridized carbons (Fsp3) is 0.857. The van der Waals surface area contributed by atoms with E-state index in [2.05, 4.69) is 0 Å². The topological polar surface area (TPSA) is 46.6 Å². The van der Waals surface area contributed by atoms with Crippen molar-refractivity contribution in [1.82, 2.24) is 4.90 Å². The van der Waals surface area contributed by atoms with Gasteiger partial charge in [-0.05, 0) is 13.8 Å². The molecule has 0 aromatic carbocycles. The maximum absolute atomic E-state index is 11.6. The van der Waals surface area contributed by atoms with Gasteiger partial charge in [-0.3, -0.25) is 9.36 Å². The summed E-state index contributed by atoms with van der Waals surface area (Å²) in [6.07, 6.45) is -0.190. The lowest BCUT2D eigenvalue weighted by molar-refractivity contribution is 0.216. The van der Waals surface area contributed by atoms with Crippen molar-refractivity contribution in [2.24, 2.45) is 0 Å². The highest BCUT2D eigenvalue weighted by Gasteiger charge is 2.29. The Hall–Kier alpha value is -0.340. The average molecular weight is 193 g/mol. The predicted molar refractivity (Wildman–Crippen MR) is 48.8 cm³/mol. The lowest BCUT2D eigenvalue weighted by atomic mass is 10.5. The zero-order chi connectivity index (χ0) is 9.94. The van der Waals surface area contributed by atoms with Crippen LogP contribution in [0.3, 0.4) is 0 Å². The second kappa shape index (κ2) is 4.06. The number of nitrogens with zero attached hydrogens (tertiary/aromatic N) is 1. The maximum atomic E-state index is 11.6. The summed E-state index contributed by atoms with van der Waals surface area (Å²) in [6.45, 7) is 4.84. The predicted octanol–water partition coefficient (Wildman–Crippen LogP) is 2.00. The van der Waals surface area contributed by atoms with Crippen molar-refractivity contribution in [3.63, 3.8) is 0 Å². The van der Waals surface area contributed by atoms with Gasteiger partial charge in [-0.1, -0.05) is 0 Å². The molecule has 0 saturated carbocycles. The molecule has 0 saturated heterocycles. The van der Waals surface area contributed by atoms with Crippen molar-refractivity contribution in [1.29, 1.82) is 0 Å². The quantitative estimate of drug-likeness (QED) is 0.644. The van der Waals surface area contributed by atoms with Crippen LogP contribution in [-0.2, 0) is 9.09 Å². The highest BCUT2D eigenvalue weighted by Crippen LogP contribution is 2.45. The number of amides is 1. The van der Waals surface area contributed by atoms with Crippen molar-refractivity contribution in [3.8, 4) is 0 Å². The first-order chi connectivity index (χ1) is 5.27. The van der Waals surface area contributed by atoms with Crippen molar-refractivity contribution in [2.75, 3.05) is 20.8 Å². The fourth-order valence-electron chi connectivity index (χ4n) is 0.811. The number of hydrogen-bond donors (Lipinski definition) is 0. The first-order valence-corrected chi connectivity index (χ1v) is 5.82. The van der Waals surface area contributed by atoms with Crippen LogP contribution in [0, 0.1) is 0 Å². The number of carbonyl (C=O) groups excluding carboxylic acids is 1. The van der Waals surface area contributed by atoms with Crippen LogP contribution in [0.1, 0.15) is 13.8 Å². The van der Waals surface area contributed by atoms with E-state index in [1.807, 2.05) is 0 Å². The van der Waals surface area contributed by atoms with Crippen LogP contribution in [0.4, 0.5) is 4.79 Å². The van der Waals surface area contributed by atoms with Crippen LogP contribution in [0.2, 0.25) is 0 Å². The van der Waals surface area contributed by atoms with Gasteiger partial charge in [0.05, 0.1) is 6.10 Å². The minimum absolute atomic E-state index is 0.190. The van der Waals surface area contributed by atoms with Crippen LogP contribution in [0.15, 0.2) is 0 Å². The largest absolute Gasteiger partial charge is 0.340 e. The number of rotatable bonds is 3. The molecule has 1 atom stereocenters. The minimum Gasteiger partial charge on any atom is -0.340 e. The molecule has 72 valence electrons. The van der Waals surface area contributed by atoms with E-state index in [-0.39, 0.29) is 6.10 Å². The summed E-state index contributed by atoms with van der Waals surface area (Å²) in [5, 5.41) is 0. The van der Waals surface area contributed by atoms with Gasteiger partial charge in [-0.25, -0.2) is 0 Å². The highest BCUT2D eigenvalue weighted by atomic mass is 31.2. The van der Waals surface area contributed by atoms with E-state index in [4.69, 9.17) is 4.52 Å². The molecule has 0 fully saturated rings. The third-order valence-corrected chi connectivity index (χ3v) is 3.06. The third-order valence-electron chi connectivity index (χ3n) is 1.14. The molecule has 0 bridgehead atoms. The van der Waals surface area contributed by atoms with E-state index in [9.17, 15) is 9.36 Å². The smallest absolute Gasteiger partial charge is 0.307 e. The van der Waals surface area contributed by atoms with Gasteiger partial charge in [0.1, 0.15) is 0 Å². The van der Waals surface area contributed by atoms with E-state index < -0.39 is 13.0 Å². The normalized spacial score (nSPS) is 15.8. The van der Waals surface area contributed by atoms with Gasteiger partial charge in [-0.2, -0.15) is 0 Å². The Morgan fingerprint density at radius 2 is 1.83 bits per heavy atom. The maximum Gasteiger partial charge on any atom is 0.307 e. The number of carbonyl (C=O) groups is 1. The van der Waals surface area contributed by atoms with Crippen LogP contribution in [0.5, 0.6) is 0 Å². The SMILES string of the molecule is CC(C)O[P@](C)(=O)C(=O)N(C)C.